The predicted octanol–water partition coefficient (Wildman–Crippen LogP) is 6.49. The van der Waals surface area contributed by atoms with Crippen LogP contribution < -0.4 is 4.90 Å². The number of rotatable bonds is 4. The number of nitrogens with zero attached hydrogens (tertiary/aromatic N) is 1. The van der Waals surface area contributed by atoms with Gasteiger partial charge in [-0.15, -0.1) is 0 Å². The molecule has 1 fully saturated rings. The van der Waals surface area contributed by atoms with Gasteiger partial charge in [0.25, 0.3) is 11.7 Å². The van der Waals surface area contributed by atoms with E-state index >= 15 is 0 Å². The third-order valence-electron chi connectivity index (χ3n) is 5.74. The molecule has 4 rings (SSSR count). The highest BCUT2D eigenvalue weighted by molar-refractivity contribution is 6.52. The zero-order valence-corrected chi connectivity index (χ0v) is 19.1. The lowest BCUT2D eigenvalue weighted by Gasteiger charge is -2.27. The molecule has 1 aliphatic rings. The Labute approximate surface area is 196 Å². The fourth-order valence-corrected chi connectivity index (χ4v) is 4.27. The van der Waals surface area contributed by atoms with Gasteiger partial charge in [-0.2, -0.15) is 0 Å². The number of carbonyl (C=O) groups excluding carboxylic acids is 2. The Kier molecular flexibility index (Phi) is 6.09. The molecular formula is C26H21Cl2NO3. The summed E-state index contributed by atoms with van der Waals surface area (Å²) < 4.78 is 0. The van der Waals surface area contributed by atoms with Gasteiger partial charge in [0.2, 0.25) is 0 Å². The molecule has 4 nitrogen and oxygen atoms in total. The van der Waals surface area contributed by atoms with Gasteiger partial charge in [-0.05, 0) is 48.2 Å². The highest BCUT2D eigenvalue weighted by atomic mass is 35.5. The van der Waals surface area contributed by atoms with Gasteiger partial charge in [0.05, 0.1) is 21.7 Å². The zero-order chi connectivity index (χ0) is 23.0. The van der Waals surface area contributed by atoms with Crippen molar-refractivity contribution in [1.29, 1.82) is 0 Å². The Bertz CT molecular complexity index is 1250. The van der Waals surface area contributed by atoms with Crippen molar-refractivity contribution >= 4 is 46.3 Å². The Morgan fingerprint density at radius 3 is 2.28 bits per heavy atom. The summed E-state index contributed by atoms with van der Waals surface area (Å²) in [6.45, 7) is 3.94. The molecule has 0 saturated carbocycles. The molecule has 162 valence electrons. The molecule has 1 saturated heterocycles. The smallest absolute Gasteiger partial charge is 0.300 e. The SMILES string of the molecule is CCc1ccc(/C(O)=C2\C(=O)C(=O)N(c3ccc(Cl)c(Cl)c3)C2c2ccccc2C)cc1. The third-order valence-corrected chi connectivity index (χ3v) is 6.48. The van der Waals surface area contributed by atoms with Crippen molar-refractivity contribution in [2.45, 2.75) is 26.3 Å². The number of halogens is 2. The number of aliphatic hydroxyl groups excluding tert-OH is 1. The van der Waals surface area contributed by atoms with E-state index in [0.29, 0.717) is 16.3 Å². The molecule has 3 aromatic rings. The van der Waals surface area contributed by atoms with Crippen molar-refractivity contribution in [1.82, 2.24) is 0 Å². The first-order chi connectivity index (χ1) is 15.3. The average molecular weight is 466 g/mol. The van der Waals surface area contributed by atoms with Gasteiger partial charge in [-0.1, -0.05) is 78.7 Å². The van der Waals surface area contributed by atoms with Crippen LogP contribution in [0.25, 0.3) is 5.76 Å². The Balaban J connectivity index is 1.95. The van der Waals surface area contributed by atoms with Crippen LogP contribution in [0.1, 0.15) is 35.2 Å². The first kappa shape index (κ1) is 22.1. The fraction of sp³-hybridized carbons (Fsp3) is 0.154. The van der Waals surface area contributed by atoms with E-state index in [-0.39, 0.29) is 16.4 Å². The number of aryl methyl sites for hydroxylation is 2. The van der Waals surface area contributed by atoms with Crippen molar-refractivity contribution < 1.29 is 14.7 Å². The summed E-state index contributed by atoms with van der Waals surface area (Å²) in [5.41, 5.74) is 3.68. The minimum atomic E-state index is -0.806. The highest BCUT2D eigenvalue weighted by Crippen LogP contribution is 2.44. The second-order valence-electron chi connectivity index (χ2n) is 7.67. The molecule has 0 aromatic heterocycles. The van der Waals surface area contributed by atoms with Gasteiger partial charge in [-0.3, -0.25) is 14.5 Å². The lowest BCUT2D eigenvalue weighted by atomic mass is 9.92. The highest BCUT2D eigenvalue weighted by Gasteiger charge is 2.47. The van der Waals surface area contributed by atoms with E-state index in [1.54, 1.807) is 30.3 Å². The number of amides is 1. The standard InChI is InChI=1S/C26H21Cl2NO3/c1-3-16-8-10-17(11-9-16)24(30)22-23(19-7-5-4-6-15(19)2)29(26(32)25(22)31)18-12-13-20(27)21(28)14-18/h4-14,23,30H,3H2,1-2H3/b24-22+. The molecule has 1 aliphatic heterocycles. The second-order valence-corrected chi connectivity index (χ2v) is 8.49. The summed E-state index contributed by atoms with van der Waals surface area (Å²) in [6.07, 6.45) is 0.853. The molecule has 3 aromatic carbocycles. The van der Waals surface area contributed by atoms with Gasteiger partial charge in [0.15, 0.2) is 0 Å². The molecule has 0 bridgehead atoms. The van der Waals surface area contributed by atoms with E-state index in [2.05, 4.69) is 0 Å². The fourth-order valence-electron chi connectivity index (χ4n) is 3.98. The minimum absolute atomic E-state index is 0.0413. The number of aliphatic hydroxyl groups is 1. The molecule has 1 atom stereocenters. The van der Waals surface area contributed by atoms with Gasteiger partial charge in [0, 0.05) is 11.3 Å². The van der Waals surface area contributed by atoms with Gasteiger partial charge in [0.1, 0.15) is 5.76 Å². The van der Waals surface area contributed by atoms with Crippen LogP contribution in [0.3, 0.4) is 0 Å². The summed E-state index contributed by atoms with van der Waals surface area (Å²) in [5.74, 6) is -1.69. The summed E-state index contributed by atoms with van der Waals surface area (Å²) in [5, 5.41) is 11.8. The molecule has 1 heterocycles. The number of ketones is 1. The topological polar surface area (TPSA) is 57.6 Å². The minimum Gasteiger partial charge on any atom is -0.507 e. The molecule has 32 heavy (non-hydrogen) atoms. The molecule has 0 radical (unpaired) electrons. The Morgan fingerprint density at radius 2 is 1.66 bits per heavy atom. The maximum atomic E-state index is 13.2. The molecule has 1 amide bonds. The van der Waals surface area contributed by atoms with E-state index in [0.717, 1.165) is 23.1 Å². The predicted molar refractivity (Wildman–Crippen MR) is 128 cm³/mol. The maximum Gasteiger partial charge on any atom is 0.300 e. The van der Waals surface area contributed by atoms with E-state index in [4.69, 9.17) is 23.2 Å². The van der Waals surface area contributed by atoms with Crippen molar-refractivity contribution in [2.24, 2.45) is 0 Å². The normalized spacial score (nSPS) is 17.8. The summed E-state index contributed by atoms with van der Waals surface area (Å²) in [4.78, 5) is 27.8. The van der Waals surface area contributed by atoms with Crippen LogP contribution in [0.2, 0.25) is 10.0 Å². The first-order valence-corrected chi connectivity index (χ1v) is 11.0. The first-order valence-electron chi connectivity index (χ1n) is 10.2. The van der Waals surface area contributed by atoms with Crippen molar-refractivity contribution in [2.75, 3.05) is 4.90 Å². The van der Waals surface area contributed by atoms with Gasteiger partial charge >= 0.3 is 0 Å². The lowest BCUT2D eigenvalue weighted by Crippen LogP contribution is -2.29. The Morgan fingerprint density at radius 1 is 0.969 bits per heavy atom. The van der Waals surface area contributed by atoms with Crippen LogP contribution in [-0.4, -0.2) is 16.8 Å². The number of anilines is 1. The number of benzene rings is 3. The molecule has 1 unspecified atom stereocenters. The Hall–Kier alpha value is -3.08. The number of hydrogen-bond acceptors (Lipinski definition) is 3. The monoisotopic (exact) mass is 465 g/mol. The summed E-state index contributed by atoms with van der Waals surface area (Å²) >= 11 is 12.3. The quantitative estimate of drug-likeness (QED) is 0.272. The van der Waals surface area contributed by atoms with Crippen molar-refractivity contribution in [3.8, 4) is 0 Å². The maximum absolute atomic E-state index is 13.2. The summed E-state index contributed by atoms with van der Waals surface area (Å²) in [6, 6.07) is 18.8. The van der Waals surface area contributed by atoms with E-state index in [1.807, 2.05) is 50.2 Å². The summed E-state index contributed by atoms with van der Waals surface area (Å²) in [7, 11) is 0. The number of hydrogen-bond donors (Lipinski definition) is 1. The average Bonchev–Trinajstić information content (AvgIpc) is 3.06. The van der Waals surface area contributed by atoms with Crippen molar-refractivity contribution in [3.05, 3.63) is 105 Å². The van der Waals surface area contributed by atoms with E-state index in [9.17, 15) is 14.7 Å². The second kappa shape index (κ2) is 8.81. The van der Waals surface area contributed by atoms with Gasteiger partial charge < -0.3 is 5.11 Å². The van der Waals surface area contributed by atoms with E-state index < -0.39 is 17.7 Å². The lowest BCUT2D eigenvalue weighted by molar-refractivity contribution is -0.132. The van der Waals surface area contributed by atoms with E-state index in [1.165, 1.54) is 4.90 Å². The van der Waals surface area contributed by atoms with Crippen LogP contribution in [0.15, 0.2) is 72.3 Å². The zero-order valence-electron chi connectivity index (χ0n) is 17.6. The van der Waals surface area contributed by atoms with Crippen LogP contribution >= 0.6 is 23.2 Å². The molecule has 6 heteroatoms. The van der Waals surface area contributed by atoms with Gasteiger partial charge in [-0.25, -0.2) is 0 Å². The number of Topliss-reactive ketones (excluding diaryl/α,β-unsaturated/α-hetero) is 1. The third kappa shape index (κ3) is 3.81. The van der Waals surface area contributed by atoms with Crippen molar-refractivity contribution in [3.63, 3.8) is 0 Å². The van der Waals surface area contributed by atoms with Crippen LogP contribution in [0, 0.1) is 6.92 Å². The molecule has 1 N–H and O–H groups in total. The van der Waals surface area contributed by atoms with Crippen LogP contribution in [-0.2, 0) is 16.0 Å². The molecule has 0 spiro atoms. The number of carbonyl (C=O) groups is 2. The van der Waals surface area contributed by atoms with Crippen LogP contribution in [0.4, 0.5) is 5.69 Å². The van der Waals surface area contributed by atoms with Crippen LogP contribution in [0.5, 0.6) is 0 Å². The molecular weight excluding hydrogens is 445 g/mol. The largest absolute Gasteiger partial charge is 0.507 e. The molecule has 0 aliphatic carbocycles.